The lowest BCUT2D eigenvalue weighted by molar-refractivity contribution is -0.116. The van der Waals surface area contributed by atoms with Crippen LogP contribution in [-0.4, -0.2) is 25.8 Å². The normalized spacial score (nSPS) is 10.6. The van der Waals surface area contributed by atoms with Crippen molar-refractivity contribution in [2.24, 2.45) is 0 Å². The van der Waals surface area contributed by atoms with E-state index < -0.39 is 0 Å². The molecule has 3 aromatic heterocycles. The highest BCUT2D eigenvalue weighted by molar-refractivity contribution is 5.89. The third-order valence-electron chi connectivity index (χ3n) is 2.83. The molecule has 6 heteroatoms. The summed E-state index contributed by atoms with van der Waals surface area (Å²) in [6.45, 7) is 0. The largest absolute Gasteiger partial charge is 0.341 e. The van der Waals surface area contributed by atoms with E-state index >= 15 is 0 Å². The Kier molecular flexibility index (Phi) is 3.36. The summed E-state index contributed by atoms with van der Waals surface area (Å²) in [5, 5.41) is 2.74. The molecule has 0 aliphatic heterocycles. The molecular weight excluding hydrogens is 254 g/mol. The van der Waals surface area contributed by atoms with Crippen molar-refractivity contribution in [1.29, 1.82) is 0 Å². The van der Waals surface area contributed by atoms with Gasteiger partial charge >= 0.3 is 0 Å². The van der Waals surface area contributed by atoms with Crippen molar-refractivity contribution in [3.63, 3.8) is 0 Å². The predicted octanol–water partition coefficient (Wildman–Crippen LogP) is 1.92. The van der Waals surface area contributed by atoms with Crippen LogP contribution < -0.4 is 5.32 Å². The average molecular weight is 267 g/mol. The number of rotatable bonds is 4. The van der Waals surface area contributed by atoms with E-state index in [1.54, 1.807) is 24.5 Å². The number of hydrogen-bond donors (Lipinski definition) is 2. The predicted molar refractivity (Wildman–Crippen MR) is 75.1 cm³/mol. The van der Waals surface area contributed by atoms with Gasteiger partial charge in [-0.15, -0.1) is 0 Å². The van der Waals surface area contributed by atoms with E-state index in [0.29, 0.717) is 24.3 Å². The van der Waals surface area contributed by atoms with Gasteiger partial charge in [0.1, 0.15) is 11.6 Å². The SMILES string of the molecule is O=C(CCc1nc2ncccc2[nH]1)Nc1ccccn1. The first kappa shape index (κ1) is 12.3. The van der Waals surface area contributed by atoms with E-state index in [0.717, 1.165) is 11.3 Å². The van der Waals surface area contributed by atoms with Gasteiger partial charge in [0.15, 0.2) is 5.65 Å². The molecule has 0 radical (unpaired) electrons. The van der Waals surface area contributed by atoms with Crippen LogP contribution in [0.25, 0.3) is 11.2 Å². The maximum atomic E-state index is 11.8. The fourth-order valence-electron chi connectivity index (χ4n) is 1.89. The van der Waals surface area contributed by atoms with Gasteiger partial charge in [0.2, 0.25) is 5.91 Å². The standard InChI is InChI=1S/C14H13N5O/c20-13(18-11-5-1-2-8-15-11)7-6-12-17-10-4-3-9-16-14(10)19-12/h1-5,8-9H,6-7H2,(H,15,18,20)(H,16,17,19). The van der Waals surface area contributed by atoms with Crippen LogP contribution in [0, 0.1) is 0 Å². The van der Waals surface area contributed by atoms with Crippen LogP contribution in [0.5, 0.6) is 0 Å². The summed E-state index contributed by atoms with van der Waals surface area (Å²) in [7, 11) is 0. The Morgan fingerprint density at radius 1 is 1.15 bits per heavy atom. The topological polar surface area (TPSA) is 83.6 Å². The zero-order valence-corrected chi connectivity index (χ0v) is 10.7. The van der Waals surface area contributed by atoms with E-state index in [2.05, 4.69) is 25.3 Å². The number of aromatic amines is 1. The fraction of sp³-hybridized carbons (Fsp3) is 0.143. The van der Waals surface area contributed by atoms with Crippen LogP contribution in [0.1, 0.15) is 12.2 Å². The number of amides is 1. The summed E-state index contributed by atoms with van der Waals surface area (Å²) in [6, 6.07) is 9.14. The van der Waals surface area contributed by atoms with Gasteiger partial charge in [-0.1, -0.05) is 6.07 Å². The van der Waals surface area contributed by atoms with Gasteiger partial charge in [0.05, 0.1) is 5.52 Å². The molecule has 6 nitrogen and oxygen atoms in total. The van der Waals surface area contributed by atoms with Crippen LogP contribution in [0.15, 0.2) is 42.7 Å². The summed E-state index contributed by atoms with van der Waals surface area (Å²) in [5.74, 6) is 1.23. The molecule has 0 aliphatic carbocycles. The molecule has 0 saturated heterocycles. The number of aryl methyl sites for hydroxylation is 1. The van der Waals surface area contributed by atoms with Crippen molar-refractivity contribution in [3.05, 3.63) is 48.5 Å². The molecule has 0 saturated carbocycles. The Morgan fingerprint density at radius 2 is 2.05 bits per heavy atom. The summed E-state index contributed by atoms with van der Waals surface area (Å²) in [6.07, 6.45) is 4.21. The Morgan fingerprint density at radius 3 is 2.85 bits per heavy atom. The van der Waals surface area contributed by atoms with E-state index in [-0.39, 0.29) is 5.91 Å². The molecular formula is C14H13N5O. The van der Waals surface area contributed by atoms with E-state index in [4.69, 9.17) is 0 Å². The third-order valence-corrected chi connectivity index (χ3v) is 2.83. The van der Waals surface area contributed by atoms with E-state index in [1.807, 2.05) is 18.2 Å². The minimum atomic E-state index is -0.0860. The van der Waals surface area contributed by atoms with Crippen molar-refractivity contribution in [1.82, 2.24) is 19.9 Å². The van der Waals surface area contributed by atoms with Crippen LogP contribution in [0.4, 0.5) is 5.82 Å². The summed E-state index contributed by atoms with van der Waals surface area (Å²) in [4.78, 5) is 27.5. The second-order valence-corrected chi connectivity index (χ2v) is 4.32. The Balaban J connectivity index is 1.60. The van der Waals surface area contributed by atoms with Crippen LogP contribution in [0.3, 0.4) is 0 Å². The molecule has 2 N–H and O–H groups in total. The second-order valence-electron chi connectivity index (χ2n) is 4.32. The lowest BCUT2D eigenvalue weighted by Gasteiger charge is -2.02. The van der Waals surface area contributed by atoms with Gasteiger partial charge in [0, 0.05) is 25.2 Å². The zero-order valence-electron chi connectivity index (χ0n) is 10.7. The van der Waals surface area contributed by atoms with Crippen LogP contribution in [-0.2, 0) is 11.2 Å². The van der Waals surface area contributed by atoms with Gasteiger partial charge in [0.25, 0.3) is 0 Å². The Hall–Kier alpha value is -2.76. The first-order valence-electron chi connectivity index (χ1n) is 6.32. The number of nitrogens with one attached hydrogen (secondary N) is 2. The highest BCUT2D eigenvalue weighted by Crippen LogP contribution is 2.09. The van der Waals surface area contributed by atoms with Crippen molar-refractivity contribution in [2.45, 2.75) is 12.8 Å². The molecule has 0 aromatic carbocycles. The smallest absolute Gasteiger partial charge is 0.225 e. The van der Waals surface area contributed by atoms with Crippen molar-refractivity contribution in [3.8, 4) is 0 Å². The summed E-state index contributed by atoms with van der Waals surface area (Å²) >= 11 is 0. The second kappa shape index (κ2) is 5.48. The number of nitrogens with zero attached hydrogens (tertiary/aromatic N) is 3. The van der Waals surface area contributed by atoms with Crippen LogP contribution >= 0.6 is 0 Å². The van der Waals surface area contributed by atoms with E-state index in [1.165, 1.54) is 0 Å². The first-order valence-corrected chi connectivity index (χ1v) is 6.32. The minimum absolute atomic E-state index is 0.0860. The van der Waals surface area contributed by atoms with Crippen molar-refractivity contribution in [2.75, 3.05) is 5.32 Å². The number of H-pyrrole nitrogens is 1. The summed E-state index contributed by atoms with van der Waals surface area (Å²) < 4.78 is 0. The summed E-state index contributed by atoms with van der Waals surface area (Å²) in [5.41, 5.74) is 1.56. The molecule has 1 amide bonds. The van der Waals surface area contributed by atoms with Crippen molar-refractivity contribution < 1.29 is 4.79 Å². The number of carbonyl (C=O) groups excluding carboxylic acids is 1. The molecule has 3 aromatic rings. The van der Waals surface area contributed by atoms with Gasteiger partial charge in [-0.2, -0.15) is 0 Å². The lowest BCUT2D eigenvalue weighted by atomic mass is 10.3. The van der Waals surface area contributed by atoms with Crippen LogP contribution in [0.2, 0.25) is 0 Å². The molecule has 0 aliphatic rings. The fourth-order valence-corrected chi connectivity index (χ4v) is 1.89. The number of fused-ring (bicyclic) bond motifs is 1. The average Bonchev–Trinajstić information content (AvgIpc) is 2.89. The maximum absolute atomic E-state index is 11.8. The van der Waals surface area contributed by atoms with Gasteiger partial charge < -0.3 is 10.3 Å². The number of carbonyl (C=O) groups is 1. The molecule has 0 unspecified atom stereocenters. The number of hydrogen-bond acceptors (Lipinski definition) is 4. The molecule has 100 valence electrons. The van der Waals surface area contributed by atoms with E-state index in [9.17, 15) is 4.79 Å². The monoisotopic (exact) mass is 267 g/mol. The first-order chi connectivity index (χ1) is 9.81. The number of aromatic nitrogens is 4. The van der Waals surface area contributed by atoms with Gasteiger partial charge in [-0.25, -0.2) is 15.0 Å². The molecule has 3 heterocycles. The molecule has 0 spiro atoms. The number of anilines is 1. The van der Waals surface area contributed by atoms with Gasteiger partial charge in [-0.05, 0) is 24.3 Å². The molecule has 0 atom stereocenters. The third kappa shape index (κ3) is 2.80. The maximum Gasteiger partial charge on any atom is 0.225 e. The molecule has 3 rings (SSSR count). The zero-order chi connectivity index (χ0) is 13.8. The highest BCUT2D eigenvalue weighted by atomic mass is 16.1. The molecule has 0 bridgehead atoms. The number of imidazole rings is 1. The lowest BCUT2D eigenvalue weighted by Crippen LogP contribution is -2.13. The Labute approximate surface area is 115 Å². The quantitative estimate of drug-likeness (QED) is 0.756. The minimum Gasteiger partial charge on any atom is -0.341 e. The molecule has 20 heavy (non-hydrogen) atoms. The molecule has 0 fully saturated rings. The van der Waals surface area contributed by atoms with Crippen molar-refractivity contribution >= 4 is 22.9 Å². The highest BCUT2D eigenvalue weighted by Gasteiger charge is 2.07. The Bertz CT molecular complexity index is 690. The van der Waals surface area contributed by atoms with Gasteiger partial charge in [-0.3, -0.25) is 4.79 Å². The number of pyridine rings is 2.